The molecule has 3 nitrogen and oxygen atoms in total. The number of hydrogen-bond acceptors (Lipinski definition) is 2. The molecule has 1 aromatic rings. The summed E-state index contributed by atoms with van der Waals surface area (Å²) >= 11 is 0. The Morgan fingerprint density at radius 3 is 2.47 bits per heavy atom. The first-order valence-electron chi connectivity index (χ1n) is 4.26. The second kappa shape index (κ2) is 7.33. The van der Waals surface area contributed by atoms with E-state index in [1.807, 2.05) is 0 Å². The summed E-state index contributed by atoms with van der Waals surface area (Å²) in [4.78, 5) is 10.5. The minimum absolute atomic E-state index is 0. The molecule has 0 unspecified atom stereocenters. The molecular weight excluding hydrogens is 194 g/mol. The number of halogens is 1. The number of aromatic carboxylic acids is 1. The van der Waals surface area contributed by atoms with Gasteiger partial charge in [0.05, 0.1) is 18.8 Å². The minimum Gasteiger partial charge on any atom is -1.00 e. The van der Waals surface area contributed by atoms with Crippen molar-refractivity contribution in [2.75, 3.05) is 13.3 Å². The van der Waals surface area contributed by atoms with Crippen LogP contribution in [0.5, 0.6) is 5.75 Å². The predicted octanol–water partition coefficient (Wildman–Crippen LogP) is -0.760. The molecule has 15 heavy (non-hydrogen) atoms. The van der Waals surface area contributed by atoms with Gasteiger partial charge in [-0.2, -0.15) is 0 Å². The Balaban J connectivity index is 0. The second-order valence-electron chi connectivity index (χ2n) is 2.72. The molecule has 0 saturated heterocycles. The van der Waals surface area contributed by atoms with Crippen molar-refractivity contribution in [2.24, 2.45) is 0 Å². The zero-order chi connectivity index (χ0) is 10.4. The minimum atomic E-state index is -0.972. The van der Waals surface area contributed by atoms with Gasteiger partial charge in [-0.25, -0.2) is 4.79 Å². The topological polar surface area (TPSA) is 46.5 Å². The quantitative estimate of drug-likeness (QED) is 0.509. The van der Waals surface area contributed by atoms with Crippen LogP contribution in [0.3, 0.4) is 0 Å². The van der Waals surface area contributed by atoms with Gasteiger partial charge < -0.3 is 11.3 Å². The monoisotopic (exact) mass is 206 g/mol. The van der Waals surface area contributed by atoms with Crippen LogP contribution in [0.2, 0.25) is 0 Å². The number of benzene rings is 1. The third kappa shape index (κ3) is 4.87. The van der Waals surface area contributed by atoms with Gasteiger partial charge in [-0.05, 0) is 24.3 Å². The zero-order valence-electron chi connectivity index (χ0n) is 9.57. The van der Waals surface area contributed by atoms with Gasteiger partial charge in [0.25, 0.3) is 0 Å². The number of alkyl halides is 1. The Labute approximate surface area is 101 Å². The molecule has 0 radical (unpaired) electrons. The Kier molecular flexibility index (Phi) is 6.85. The molecule has 5 heteroatoms. The van der Waals surface area contributed by atoms with E-state index in [0.29, 0.717) is 18.8 Å². The average Bonchev–Trinajstić information content (AvgIpc) is 2.19. The average molecular weight is 206 g/mol. The van der Waals surface area contributed by atoms with Crippen LogP contribution < -0.4 is 23.6 Å². The van der Waals surface area contributed by atoms with E-state index in [2.05, 4.69) is 0 Å². The third-order valence-electron chi connectivity index (χ3n) is 1.65. The molecular formula is C10H12FLiO3. The molecule has 0 fully saturated rings. The molecule has 0 aliphatic rings. The molecule has 78 valence electrons. The Morgan fingerprint density at radius 1 is 1.40 bits per heavy atom. The van der Waals surface area contributed by atoms with Crippen molar-refractivity contribution in [1.82, 2.24) is 0 Å². The van der Waals surface area contributed by atoms with Crippen LogP contribution in [0.25, 0.3) is 0 Å². The zero-order valence-corrected chi connectivity index (χ0v) is 8.57. The van der Waals surface area contributed by atoms with Gasteiger partial charge in [0, 0.05) is 6.42 Å². The van der Waals surface area contributed by atoms with E-state index in [9.17, 15) is 9.18 Å². The number of ether oxygens (including phenoxy) is 1. The smallest absolute Gasteiger partial charge is 1.00 e. The normalized spacial score (nSPS) is 9.13. The Morgan fingerprint density at radius 2 is 2.00 bits per heavy atom. The number of carboxylic acid groups (broad SMARTS) is 1. The largest absolute Gasteiger partial charge is 1.00 e. The SMILES string of the molecule is O=C(O)c1ccc(OCCCF)cc1.[H-].[Li+]. The van der Waals surface area contributed by atoms with Crippen molar-refractivity contribution >= 4 is 5.97 Å². The summed E-state index contributed by atoms with van der Waals surface area (Å²) in [5.74, 6) is -0.413. The van der Waals surface area contributed by atoms with Crippen LogP contribution >= 0.6 is 0 Å². The number of carboxylic acids is 1. The van der Waals surface area contributed by atoms with Crippen molar-refractivity contribution in [3.8, 4) is 5.75 Å². The molecule has 1 rings (SSSR count). The second-order valence-corrected chi connectivity index (χ2v) is 2.72. The molecule has 0 bridgehead atoms. The molecule has 0 aromatic heterocycles. The molecule has 0 aliphatic carbocycles. The van der Waals surface area contributed by atoms with Crippen LogP contribution in [-0.2, 0) is 0 Å². The van der Waals surface area contributed by atoms with Gasteiger partial charge in [0.1, 0.15) is 5.75 Å². The van der Waals surface area contributed by atoms with Crippen LogP contribution in [-0.4, -0.2) is 24.4 Å². The van der Waals surface area contributed by atoms with Crippen LogP contribution in [0.15, 0.2) is 24.3 Å². The summed E-state index contributed by atoms with van der Waals surface area (Å²) in [5.41, 5.74) is 0.211. The Bertz CT molecular complexity index is 305. The van der Waals surface area contributed by atoms with Gasteiger partial charge in [0.2, 0.25) is 0 Å². The fraction of sp³-hybridized carbons (Fsp3) is 0.300. The predicted molar refractivity (Wildman–Crippen MR) is 50.6 cm³/mol. The van der Waals surface area contributed by atoms with Crippen LogP contribution in [0.4, 0.5) is 4.39 Å². The Hall–Kier alpha value is -0.983. The molecule has 1 aromatic carbocycles. The molecule has 0 atom stereocenters. The number of rotatable bonds is 5. The summed E-state index contributed by atoms with van der Waals surface area (Å²) in [6.07, 6.45) is 0.348. The van der Waals surface area contributed by atoms with Crippen LogP contribution in [0.1, 0.15) is 18.2 Å². The first kappa shape index (κ1) is 14.0. The molecule has 0 saturated carbocycles. The van der Waals surface area contributed by atoms with Gasteiger partial charge in [-0.3, -0.25) is 4.39 Å². The molecule has 0 amide bonds. The van der Waals surface area contributed by atoms with Crippen molar-refractivity contribution in [3.63, 3.8) is 0 Å². The first-order chi connectivity index (χ1) is 6.74. The third-order valence-corrected chi connectivity index (χ3v) is 1.65. The maximum Gasteiger partial charge on any atom is 1.00 e. The van der Waals surface area contributed by atoms with Gasteiger partial charge in [-0.1, -0.05) is 0 Å². The fourth-order valence-corrected chi connectivity index (χ4v) is 0.938. The van der Waals surface area contributed by atoms with Gasteiger partial charge >= 0.3 is 24.8 Å². The fourth-order valence-electron chi connectivity index (χ4n) is 0.938. The summed E-state index contributed by atoms with van der Waals surface area (Å²) < 4.78 is 16.9. The van der Waals surface area contributed by atoms with E-state index in [1.54, 1.807) is 12.1 Å². The summed E-state index contributed by atoms with van der Waals surface area (Å²) in [7, 11) is 0. The van der Waals surface area contributed by atoms with E-state index in [4.69, 9.17) is 9.84 Å². The summed E-state index contributed by atoms with van der Waals surface area (Å²) in [6.45, 7) is -0.101. The first-order valence-corrected chi connectivity index (χ1v) is 4.26. The molecule has 0 aliphatic heterocycles. The standard InChI is InChI=1S/C10H11FO3.Li.H/c11-6-1-7-14-9-4-2-8(3-5-9)10(12)13;;/h2-5H,1,6-7H2,(H,12,13);;/q;+1;-1. The van der Waals surface area contributed by atoms with E-state index in [1.165, 1.54) is 12.1 Å². The van der Waals surface area contributed by atoms with E-state index in [-0.39, 0.29) is 25.9 Å². The number of hydrogen-bond donors (Lipinski definition) is 1. The van der Waals surface area contributed by atoms with Gasteiger partial charge in [0.15, 0.2) is 0 Å². The van der Waals surface area contributed by atoms with Crippen molar-refractivity contribution in [1.29, 1.82) is 0 Å². The van der Waals surface area contributed by atoms with Crippen molar-refractivity contribution in [2.45, 2.75) is 6.42 Å². The van der Waals surface area contributed by atoms with E-state index < -0.39 is 12.6 Å². The maximum atomic E-state index is 11.7. The maximum absolute atomic E-state index is 11.7. The summed E-state index contributed by atoms with van der Waals surface area (Å²) in [6, 6.07) is 6.02. The van der Waals surface area contributed by atoms with E-state index >= 15 is 0 Å². The van der Waals surface area contributed by atoms with Gasteiger partial charge in [-0.15, -0.1) is 0 Å². The summed E-state index contributed by atoms with van der Waals surface area (Å²) in [5, 5.41) is 8.60. The van der Waals surface area contributed by atoms with Crippen LogP contribution in [0, 0.1) is 0 Å². The van der Waals surface area contributed by atoms with Crippen molar-refractivity contribution in [3.05, 3.63) is 29.8 Å². The van der Waals surface area contributed by atoms with E-state index in [0.717, 1.165) is 0 Å². The van der Waals surface area contributed by atoms with Crippen molar-refractivity contribution < 1.29 is 39.3 Å². The molecule has 0 spiro atoms. The molecule has 1 N–H and O–H groups in total. The molecule has 0 heterocycles. The number of carbonyl (C=O) groups is 1.